The Kier molecular flexibility index (Phi) is 4.28. The topological polar surface area (TPSA) is 28.2 Å². The molecule has 2 aromatic heterocycles. The van der Waals surface area contributed by atoms with Crippen LogP contribution in [0.5, 0.6) is 0 Å². The van der Waals surface area contributed by atoms with Gasteiger partial charge in [0.25, 0.3) is 0 Å². The van der Waals surface area contributed by atoms with Gasteiger partial charge in [-0.2, -0.15) is 0 Å². The van der Waals surface area contributed by atoms with E-state index >= 15 is 0 Å². The fourth-order valence-corrected chi connectivity index (χ4v) is 3.71. The molecule has 0 radical (unpaired) electrons. The van der Waals surface area contributed by atoms with Crippen LogP contribution in [-0.2, 0) is 6.54 Å². The van der Waals surface area contributed by atoms with E-state index in [2.05, 4.69) is 54.7 Å². The predicted molar refractivity (Wildman–Crippen MR) is 82.3 cm³/mol. The van der Waals surface area contributed by atoms with E-state index in [1.807, 2.05) is 12.4 Å². The number of halogens is 1. The van der Waals surface area contributed by atoms with Crippen molar-refractivity contribution in [2.24, 2.45) is 0 Å². The molecular weight excluding hydrogens is 322 g/mol. The van der Waals surface area contributed by atoms with E-state index in [1.54, 1.807) is 11.3 Å². The fraction of sp³-hybridized carbons (Fsp3) is 0.357. The van der Waals surface area contributed by atoms with E-state index in [-0.39, 0.29) is 0 Å². The fourth-order valence-electron chi connectivity index (χ4n) is 2.51. The van der Waals surface area contributed by atoms with Gasteiger partial charge in [0, 0.05) is 44.6 Å². The molecule has 1 saturated heterocycles. The summed E-state index contributed by atoms with van der Waals surface area (Å²) in [5.41, 5.74) is 2.73. The van der Waals surface area contributed by atoms with Crippen molar-refractivity contribution in [1.82, 2.24) is 15.2 Å². The van der Waals surface area contributed by atoms with Crippen molar-refractivity contribution < 1.29 is 0 Å². The number of rotatable bonds is 3. The van der Waals surface area contributed by atoms with Crippen LogP contribution in [0, 0.1) is 0 Å². The zero-order valence-electron chi connectivity index (χ0n) is 10.6. The number of nitrogens with one attached hydrogen (secondary N) is 1. The van der Waals surface area contributed by atoms with Gasteiger partial charge in [0.2, 0.25) is 0 Å². The van der Waals surface area contributed by atoms with Crippen molar-refractivity contribution in [2.75, 3.05) is 19.6 Å². The molecule has 0 aliphatic carbocycles. The molecule has 3 heterocycles. The number of aromatic nitrogens is 1. The van der Waals surface area contributed by atoms with Crippen LogP contribution in [0.1, 0.15) is 17.2 Å². The Labute approximate surface area is 125 Å². The average Bonchev–Trinajstić information content (AvgIpc) is 2.86. The highest BCUT2D eigenvalue weighted by atomic mass is 79.9. The lowest BCUT2D eigenvalue weighted by molar-refractivity contribution is 0.154. The summed E-state index contributed by atoms with van der Waals surface area (Å²) in [7, 11) is 0. The van der Waals surface area contributed by atoms with Crippen LogP contribution in [0.15, 0.2) is 39.8 Å². The van der Waals surface area contributed by atoms with Gasteiger partial charge in [-0.15, -0.1) is 11.3 Å². The van der Waals surface area contributed by atoms with E-state index in [9.17, 15) is 0 Å². The van der Waals surface area contributed by atoms with E-state index in [4.69, 9.17) is 0 Å². The molecule has 3 rings (SSSR count). The highest BCUT2D eigenvalue weighted by molar-refractivity contribution is 9.11. The molecule has 1 aliphatic rings. The first kappa shape index (κ1) is 13.2. The van der Waals surface area contributed by atoms with Crippen LogP contribution in [-0.4, -0.2) is 29.5 Å². The predicted octanol–water partition coefficient (Wildman–Crippen LogP) is 3.05. The summed E-state index contributed by atoms with van der Waals surface area (Å²) >= 11 is 5.29. The molecule has 1 unspecified atom stereocenters. The van der Waals surface area contributed by atoms with Crippen LogP contribution in [0.2, 0.25) is 0 Å². The second-order valence-electron chi connectivity index (χ2n) is 4.73. The normalized spacial score (nSPS) is 20.6. The molecule has 0 bridgehead atoms. The molecule has 0 saturated carbocycles. The number of hydrogen-bond donors (Lipinski definition) is 1. The van der Waals surface area contributed by atoms with E-state index in [0.717, 1.165) is 26.2 Å². The number of nitrogens with zero attached hydrogens (tertiary/aromatic N) is 2. The van der Waals surface area contributed by atoms with Gasteiger partial charge in [-0.3, -0.25) is 9.88 Å². The molecule has 19 heavy (non-hydrogen) atoms. The van der Waals surface area contributed by atoms with E-state index in [1.165, 1.54) is 14.9 Å². The van der Waals surface area contributed by atoms with Crippen molar-refractivity contribution in [3.05, 3.63) is 50.9 Å². The Morgan fingerprint density at radius 3 is 3.00 bits per heavy atom. The molecule has 100 valence electrons. The molecule has 1 fully saturated rings. The Hall–Kier alpha value is -0.750. The summed E-state index contributed by atoms with van der Waals surface area (Å²) in [6.07, 6.45) is 3.76. The number of hydrogen-bond acceptors (Lipinski definition) is 4. The van der Waals surface area contributed by atoms with Crippen LogP contribution >= 0.6 is 27.3 Å². The number of pyridine rings is 1. The maximum absolute atomic E-state index is 4.11. The largest absolute Gasteiger partial charge is 0.314 e. The van der Waals surface area contributed by atoms with Gasteiger partial charge in [-0.05, 0) is 50.6 Å². The zero-order chi connectivity index (χ0) is 13.1. The van der Waals surface area contributed by atoms with Gasteiger partial charge < -0.3 is 5.32 Å². The van der Waals surface area contributed by atoms with Crippen molar-refractivity contribution >= 4 is 27.3 Å². The van der Waals surface area contributed by atoms with Gasteiger partial charge in [0.15, 0.2) is 0 Å². The molecule has 1 atom stereocenters. The summed E-state index contributed by atoms with van der Waals surface area (Å²) in [6, 6.07) is 6.90. The SMILES string of the molecule is Brc1cc(CN2CCNCC2c2ccncc2)cs1. The van der Waals surface area contributed by atoms with E-state index < -0.39 is 0 Å². The lowest BCUT2D eigenvalue weighted by Gasteiger charge is -2.36. The third-order valence-electron chi connectivity index (χ3n) is 3.45. The minimum atomic E-state index is 0.440. The van der Waals surface area contributed by atoms with Gasteiger partial charge in [0.1, 0.15) is 0 Å². The van der Waals surface area contributed by atoms with Crippen LogP contribution in [0.3, 0.4) is 0 Å². The highest BCUT2D eigenvalue weighted by Crippen LogP contribution is 2.27. The lowest BCUT2D eigenvalue weighted by atomic mass is 10.0. The first-order valence-corrected chi connectivity index (χ1v) is 8.08. The van der Waals surface area contributed by atoms with Crippen molar-refractivity contribution in [1.29, 1.82) is 0 Å². The maximum atomic E-state index is 4.11. The minimum absolute atomic E-state index is 0.440. The standard InChI is InChI=1S/C14H16BrN3S/c15-14-7-11(10-19-14)9-18-6-5-17-8-13(18)12-1-3-16-4-2-12/h1-4,7,10,13,17H,5-6,8-9H2. The maximum Gasteiger partial charge on any atom is 0.0701 e. The third-order valence-corrected chi connectivity index (χ3v) is 5.01. The number of piperazine rings is 1. The molecule has 0 amide bonds. The minimum Gasteiger partial charge on any atom is -0.314 e. The first-order chi connectivity index (χ1) is 9.33. The molecule has 1 aliphatic heterocycles. The van der Waals surface area contributed by atoms with E-state index in [0.29, 0.717) is 6.04 Å². The van der Waals surface area contributed by atoms with Gasteiger partial charge in [-0.1, -0.05) is 0 Å². The third kappa shape index (κ3) is 3.23. The van der Waals surface area contributed by atoms with Crippen LogP contribution in [0.25, 0.3) is 0 Å². The molecular formula is C14H16BrN3S. The molecule has 0 spiro atoms. The van der Waals surface area contributed by atoms with Crippen LogP contribution < -0.4 is 5.32 Å². The highest BCUT2D eigenvalue weighted by Gasteiger charge is 2.23. The Bertz CT molecular complexity index is 528. The van der Waals surface area contributed by atoms with Gasteiger partial charge >= 0.3 is 0 Å². The van der Waals surface area contributed by atoms with Crippen LogP contribution in [0.4, 0.5) is 0 Å². The Morgan fingerprint density at radius 1 is 1.42 bits per heavy atom. The lowest BCUT2D eigenvalue weighted by Crippen LogP contribution is -2.45. The van der Waals surface area contributed by atoms with Gasteiger partial charge in [0.05, 0.1) is 3.79 Å². The average molecular weight is 338 g/mol. The Morgan fingerprint density at radius 2 is 2.26 bits per heavy atom. The quantitative estimate of drug-likeness (QED) is 0.932. The number of thiophene rings is 1. The second-order valence-corrected chi connectivity index (χ2v) is 7.02. The molecule has 2 aromatic rings. The Balaban J connectivity index is 1.77. The van der Waals surface area contributed by atoms with Crippen molar-refractivity contribution in [3.8, 4) is 0 Å². The molecule has 3 nitrogen and oxygen atoms in total. The summed E-state index contributed by atoms with van der Waals surface area (Å²) in [5.74, 6) is 0. The van der Waals surface area contributed by atoms with Crippen molar-refractivity contribution in [2.45, 2.75) is 12.6 Å². The van der Waals surface area contributed by atoms with Gasteiger partial charge in [-0.25, -0.2) is 0 Å². The molecule has 1 N–H and O–H groups in total. The second kappa shape index (κ2) is 6.13. The summed E-state index contributed by atoms with van der Waals surface area (Å²) in [5, 5.41) is 5.72. The molecule has 0 aromatic carbocycles. The zero-order valence-corrected chi connectivity index (χ0v) is 13.0. The monoisotopic (exact) mass is 337 g/mol. The van der Waals surface area contributed by atoms with Crippen molar-refractivity contribution in [3.63, 3.8) is 0 Å². The summed E-state index contributed by atoms with van der Waals surface area (Å²) in [4.78, 5) is 6.65. The smallest absolute Gasteiger partial charge is 0.0701 e. The summed E-state index contributed by atoms with van der Waals surface area (Å²) < 4.78 is 1.21. The summed E-state index contributed by atoms with van der Waals surface area (Å²) in [6.45, 7) is 4.17. The first-order valence-electron chi connectivity index (χ1n) is 6.40. The molecule has 5 heteroatoms.